The number of amides is 1. The molecule has 4 nitrogen and oxygen atoms in total. The number of aliphatic hydroxyl groups is 1. The number of aliphatic hydroxyl groups excluding tert-OH is 1. The molecule has 0 radical (unpaired) electrons. The van der Waals surface area contributed by atoms with Gasteiger partial charge in [0.1, 0.15) is 0 Å². The van der Waals surface area contributed by atoms with Crippen LogP contribution >= 0.6 is 0 Å². The van der Waals surface area contributed by atoms with E-state index in [1.54, 1.807) is 12.0 Å². The SMILES string of the molecule is COCCN(CCO)C(=O)C1Cc2ccccc21. The number of carbonyl (C=O) groups is 1. The van der Waals surface area contributed by atoms with Gasteiger partial charge in [-0.05, 0) is 17.5 Å². The average Bonchev–Trinajstić information content (AvgIpc) is 2.35. The molecule has 0 aliphatic heterocycles. The summed E-state index contributed by atoms with van der Waals surface area (Å²) < 4.78 is 4.99. The van der Waals surface area contributed by atoms with E-state index >= 15 is 0 Å². The molecular formula is C14H19NO3. The van der Waals surface area contributed by atoms with Crippen molar-refractivity contribution in [3.05, 3.63) is 35.4 Å². The van der Waals surface area contributed by atoms with E-state index < -0.39 is 0 Å². The number of carbonyl (C=O) groups excluding carboxylic acids is 1. The summed E-state index contributed by atoms with van der Waals surface area (Å²) in [5.74, 6) is 0.0596. The van der Waals surface area contributed by atoms with Crippen molar-refractivity contribution >= 4 is 5.91 Å². The molecule has 18 heavy (non-hydrogen) atoms. The van der Waals surface area contributed by atoms with Crippen molar-refractivity contribution in [1.82, 2.24) is 4.90 Å². The number of fused-ring (bicyclic) bond motifs is 1. The van der Waals surface area contributed by atoms with Crippen LogP contribution < -0.4 is 0 Å². The average molecular weight is 249 g/mol. The van der Waals surface area contributed by atoms with Gasteiger partial charge in [-0.3, -0.25) is 4.79 Å². The molecular weight excluding hydrogens is 230 g/mol. The third-order valence-electron chi connectivity index (χ3n) is 3.40. The highest BCUT2D eigenvalue weighted by molar-refractivity contribution is 5.87. The van der Waals surface area contributed by atoms with Crippen molar-refractivity contribution in [2.75, 3.05) is 33.4 Å². The molecule has 1 unspecified atom stereocenters. The first-order chi connectivity index (χ1) is 8.77. The van der Waals surface area contributed by atoms with Gasteiger partial charge in [0.05, 0.1) is 19.1 Å². The molecule has 1 aliphatic carbocycles. The highest BCUT2D eigenvalue weighted by atomic mass is 16.5. The van der Waals surface area contributed by atoms with Crippen LogP contribution in [0.2, 0.25) is 0 Å². The maximum absolute atomic E-state index is 12.3. The van der Waals surface area contributed by atoms with Gasteiger partial charge in [-0.15, -0.1) is 0 Å². The lowest BCUT2D eigenvalue weighted by Crippen LogP contribution is -2.42. The first-order valence-corrected chi connectivity index (χ1v) is 6.24. The lowest BCUT2D eigenvalue weighted by Gasteiger charge is -2.33. The van der Waals surface area contributed by atoms with E-state index in [1.807, 2.05) is 18.2 Å². The van der Waals surface area contributed by atoms with Gasteiger partial charge in [-0.2, -0.15) is 0 Å². The second kappa shape index (κ2) is 5.98. The zero-order valence-corrected chi connectivity index (χ0v) is 10.6. The van der Waals surface area contributed by atoms with Crippen molar-refractivity contribution in [1.29, 1.82) is 0 Å². The van der Waals surface area contributed by atoms with Crippen LogP contribution in [0.15, 0.2) is 24.3 Å². The number of nitrogens with zero attached hydrogens (tertiary/aromatic N) is 1. The summed E-state index contributed by atoms with van der Waals surface area (Å²) >= 11 is 0. The van der Waals surface area contributed by atoms with Crippen molar-refractivity contribution in [2.45, 2.75) is 12.3 Å². The normalized spacial score (nSPS) is 16.9. The van der Waals surface area contributed by atoms with Gasteiger partial charge in [0.15, 0.2) is 0 Å². The molecule has 1 aromatic rings. The third kappa shape index (κ3) is 2.54. The number of hydrogen-bond acceptors (Lipinski definition) is 3. The second-order valence-corrected chi connectivity index (χ2v) is 4.50. The summed E-state index contributed by atoms with van der Waals surface area (Å²) in [5, 5.41) is 9.02. The molecule has 1 aromatic carbocycles. The fourth-order valence-electron chi connectivity index (χ4n) is 2.35. The number of benzene rings is 1. The molecule has 1 amide bonds. The molecule has 1 atom stereocenters. The van der Waals surface area contributed by atoms with E-state index in [2.05, 4.69) is 6.07 Å². The maximum Gasteiger partial charge on any atom is 0.230 e. The van der Waals surface area contributed by atoms with Gasteiger partial charge in [0.25, 0.3) is 0 Å². The zero-order valence-electron chi connectivity index (χ0n) is 10.6. The zero-order chi connectivity index (χ0) is 13.0. The Labute approximate surface area is 107 Å². The summed E-state index contributed by atoms with van der Waals surface area (Å²) in [4.78, 5) is 14.0. The van der Waals surface area contributed by atoms with E-state index in [1.165, 1.54) is 5.56 Å². The van der Waals surface area contributed by atoms with Crippen LogP contribution in [0.4, 0.5) is 0 Å². The molecule has 0 spiro atoms. The van der Waals surface area contributed by atoms with Crippen LogP contribution in [0, 0.1) is 0 Å². The Morgan fingerprint density at radius 3 is 2.89 bits per heavy atom. The number of hydrogen-bond donors (Lipinski definition) is 1. The molecule has 0 bridgehead atoms. The van der Waals surface area contributed by atoms with E-state index in [-0.39, 0.29) is 18.4 Å². The lowest BCUT2D eigenvalue weighted by atomic mass is 9.77. The Balaban J connectivity index is 2.02. The number of methoxy groups -OCH3 is 1. The molecule has 0 saturated carbocycles. The van der Waals surface area contributed by atoms with Crippen LogP contribution in [-0.4, -0.2) is 49.3 Å². The summed E-state index contributed by atoms with van der Waals surface area (Å²) in [6, 6.07) is 8.03. The molecule has 2 rings (SSSR count). The second-order valence-electron chi connectivity index (χ2n) is 4.50. The van der Waals surface area contributed by atoms with Crippen LogP contribution in [-0.2, 0) is 16.0 Å². The molecule has 4 heteroatoms. The van der Waals surface area contributed by atoms with Crippen molar-refractivity contribution in [3.8, 4) is 0 Å². The van der Waals surface area contributed by atoms with Gasteiger partial charge in [0.2, 0.25) is 5.91 Å². The first-order valence-electron chi connectivity index (χ1n) is 6.24. The Morgan fingerprint density at radius 1 is 1.44 bits per heavy atom. The molecule has 0 aromatic heterocycles. The van der Waals surface area contributed by atoms with Crippen molar-refractivity contribution < 1.29 is 14.6 Å². The van der Waals surface area contributed by atoms with Gasteiger partial charge in [0, 0.05) is 20.2 Å². The van der Waals surface area contributed by atoms with Gasteiger partial charge in [-0.25, -0.2) is 0 Å². The number of ether oxygens (including phenoxy) is 1. The summed E-state index contributed by atoms with van der Waals surface area (Å²) in [6.45, 7) is 1.40. The van der Waals surface area contributed by atoms with Crippen molar-refractivity contribution in [2.24, 2.45) is 0 Å². The van der Waals surface area contributed by atoms with Gasteiger partial charge >= 0.3 is 0 Å². The Hall–Kier alpha value is -1.39. The molecule has 1 N–H and O–H groups in total. The molecule has 0 heterocycles. The number of rotatable bonds is 6. The highest BCUT2D eigenvalue weighted by Gasteiger charge is 2.34. The van der Waals surface area contributed by atoms with E-state index in [4.69, 9.17) is 9.84 Å². The quantitative estimate of drug-likeness (QED) is 0.811. The summed E-state index contributed by atoms with van der Waals surface area (Å²) in [7, 11) is 1.61. The lowest BCUT2D eigenvalue weighted by molar-refractivity contribution is -0.134. The van der Waals surface area contributed by atoms with E-state index in [0.29, 0.717) is 19.7 Å². The fourth-order valence-corrected chi connectivity index (χ4v) is 2.35. The standard InChI is InChI=1S/C14H19NO3/c1-18-9-7-15(6-8-16)14(17)13-10-11-4-2-3-5-12(11)13/h2-5,13,16H,6-10H2,1H3. The van der Waals surface area contributed by atoms with Gasteiger partial charge < -0.3 is 14.7 Å². The molecule has 0 fully saturated rings. The molecule has 98 valence electrons. The van der Waals surface area contributed by atoms with E-state index in [0.717, 1.165) is 12.0 Å². The molecule has 1 aliphatic rings. The smallest absolute Gasteiger partial charge is 0.230 e. The molecule has 0 saturated heterocycles. The Morgan fingerprint density at radius 2 is 2.22 bits per heavy atom. The van der Waals surface area contributed by atoms with E-state index in [9.17, 15) is 4.79 Å². The highest BCUT2D eigenvalue weighted by Crippen LogP contribution is 2.36. The van der Waals surface area contributed by atoms with Crippen LogP contribution in [0.3, 0.4) is 0 Å². The minimum atomic E-state index is -0.0374. The Bertz CT molecular complexity index is 419. The summed E-state index contributed by atoms with van der Waals surface area (Å²) in [6.07, 6.45) is 0.809. The van der Waals surface area contributed by atoms with Gasteiger partial charge in [-0.1, -0.05) is 24.3 Å². The van der Waals surface area contributed by atoms with Crippen LogP contribution in [0.1, 0.15) is 17.0 Å². The van der Waals surface area contributed by atoms with Crippen LogP contribution in [0.25, 0.3) is 0 Å². The van der Waals surface area contributed by atoms with Crippen molar-refractivity contribution in [3.63, 3.8) is 0 Å². The Kier molecular flexibility index (Phi) is 4.33. The maximum atomic E-state index is 12.3. The van der Waals surface area contributed by atoms with Crippen LogP contribution in [0.5, 0.6) is 0 Å². The largest absolute Gasteiger partial charge is 0.395 e. The summed E-state index contributed by atoms with van der Waals surface area (Å²) in [5.41, 5.74) is 2.38. The topological polar surface area (TPSA) is 49.8 Å². The first kappa shape index (κ1) is 13.1. The predicted molar refractivity (Wildman–Crippen MR) is 68.4 cm³/mol. The minimum absolute atomic E-state index is 0.0101. The predicted octanol–water partition coefficient (Wildman–Crippen LogP) is 0.794. The fraction of sp³-hybridized carbons (Fsp3) is 0.500. The monoisotopic (exact) mass is 249 g/mol. The minimum Gasteiger partial charge on any atom is -0.395 e. The third-order valence-corrected chi connectivity index (χ3v) is 3.40.